The third-order valence-electron chi connectivity index (χ3n) is 4.74. The number of carbonyl (C=O) groups is 2. The van der Waals surface area contributed by atoms with Crippen LogP contribution in [0.1, 0.15) is 41.2 Å². The normalized spacial score (nSPS) is 11.9. The summed E-state index contributed by atoms with van der Waals surface area (Å²) in [7, 11) is 0. The predicted molar refractivity (Wildman–Crippen MR) is 110 cm³/mol. The fraction of sp³-hybridized carbons (Fsp3) is 0.318. The van der Waals surface area contributed by atoms with Crippen molar-refractivity contribution in [1.82, 2.24) is 15.8 Å². The van der Waals surface area contributed by atoms with E-state index in [2.05, 4.69) is 15.8 Å². The van der Waals surface area contributed by atoms with Crippen LogP contribution in [0.15, 0.2) is 40.9 Å². The van der Waals surface area contributed by atoms with E-state index in [-0.39, 0.29) is 18.4 Å². The van der Waals surface area contributed by atoms with Crippen LogP contribution >= 0.6 is 0 Å². The number of nitrogens with one attached hydrogen (secondary N) is 2. The van der Waals surface area contributed by atoms with Gasteiger partial charge in [-0.2, -0.15) is 0 Å². The zero-order valence-electron chi connectivity index (χ0n) is 17.0. The number of amides is 2. The van der Waals surface area contributed by atoms with Gasteiger partial charge in [0.05, 0.1) is 16.8 Å². The summed E-state index contributed by atoms with van der Waals surface area (Å²) >= 11 is 0. The van der Waals surface area contributed by atoms with Crippen molar-refractivity contribution in [3.05, 3.63) is 59.0 Å². The van der Waals surface area contributed by atoms with Crippen LogP contribution < -0.4 is 15.4 Å². The second kappa shape index (κ2) is 8.77. The number of likely N-dealkylation sites (N-methyl/N-ethyl adjacent to an activating group) is 1. The van der Waals surface area contributed by atoms with E-state index >= 15 is 0 Å². The highest BCUT2D eigenvalue weighted by Crippen LogP contribution is 2.28. The quantitative estimate of drug-likeness (QED) is 0.640. The molecule has 2 aromatic carbocycles. The molecule has 1 atom stereocenters. The van der Waals surface area contributed by atoms with Gasteiger partial charge in [0.25, 0.3) is 5.91 Å². The van der Waals surface area contributed by atoms with Crippen LogP contribution in [0, 0.1) is 13.8 Å². The van der Waals surface area contributed by atoms with Gasteiger partial charge in [-0.05, 0) is 50.6 Å². The fourth-order valence-electron chi connectivity index (χ4n) is 3.04. The van der Waals surface area contributed by atoms with Gasteiger partial charge >= 0.3 is 0 Å². The van der Waals surface area contributed by atoms with Crippen molar-refractivity contribution in [3.8, 4) is 5.75 Å². The fourth-order valence-corrected chi connectivity index (χ4v) is 3.04. The van der Waals surface area contributed by atoms with Crippen molar-refractivity contribution in [2.24, 2.45) is 0 Å². The molecule has 0 saturated carbocycles. The number of ether oxygens (including phenoxy) is 1. The van der Waals surface area contributed by atoms with Gasteiger partial charge in [-0.3, -0.25) is 9.59 Å². The number of aryl methyl sites for hydroxylation is 2. The lowest BCUT2D eigenvalue weighted by atomic mass is 10.0. The molecule has 152 valence electrons. The van der Waals surface area contributed by atoms with E-state index in [1.165, 1.54) is 0 Å². The molecular formula is C22H25N3O4. The van der Waals surface area contributed by atoms with E-state index in [0.717, 1.165) is 22.0 Å². The summed E-state index contributed by atoms with van der Waals surface area (Å²) in [5.74, 6) is 0.506. The van der Waals surface area contributed by atoms with Crippen LogP contribution in [0.5, 0.6) is 5.75 Å². The van der Waals surface area contributed by atoms with Gasteiger partial charge in [0.2, 0.25) is 5.91 Å². The molecule has 0 fully saturated rings. The lowest BCUT2D eigenvalue weighted by Gasteiger charge is -2.16. The Morgan fingerprint density at radius 1 is 1.17 bits per heavy atom. The van der Waals surface area contributed by atoms with Crippen molar-refractivity contribution in [3.63, 3.8) is 0 Å². The maximum Gasteiger partial charge on any atom is 0.255 e. The first-order chi connectivity index (χ1) is 13.9. The Kier molecular flexibility index (Phi) is 6.16. The van der Waals surface area contributed by atoms with Crippen molar-refractivity contribution in [1.29, 1.82) is 0 Å². The van der Waals surface area contributed by atoms with Crippen molar-refractivity contribution in [2.45, 2.75) is 40.3 Å². The van der Waals surface area contributed by atoms with Crippen molar-refractivity contribution in [2.75, 3.05) is 6.54 Å². The number of fused-ring (bicyclic) bond motifs is 1. The molecule has 3 rings (SSSR count). The maximum atomic E-state index is 12.9. The largest absolute Gasteiger partial charge is 0.488 e. The first-order valence-electron chi connectivity index (χ1n) is 9.56. The Balaban J connectivity index is 1.90. The summed E-state index contributed by atoms with van der Waals surface area (Å²) < 4.78 is 11.2. The minimum Gasteiger partial charge on any atom is -0.488 e. The smallest absolute Gasteiger partial charge is 0.255 e. The number of hydrogen-bond donors (Lipinski definition) is 2. The van der Waals surface area contributed by atoms with Crippen LogP contribution in [-0.2, 0) is 11.4 Å². The number of carbonyl (C=O) groups excluding carboxylic acids is 2. The molecule has 0 saturated heterocycles. The molecule has 0 aliphatic heterocycles. The molecule has 7 nitrogen and oxygen atoms in total. The summed E-state index contributed by atoms with van der Waals surface area (Å²) in [5.41, 5.74) is 1.96. The third kappa shape index (κ3) is 4.56. The Labute approximate surface area is 169 Å². The Morgan fingerprint density at radius 2 is 1.86 bits per heavy atom. The minimum absolute atomic E-state index is 0.228. The molecule has 0 spiro atoms. The zero-order valence-corrected chi connectivity index (χ0v) is 17.0. The van der Waals surface area contributed by atoms with Crippen LogP contribution in [0.2, 0.25) is 0 Å². The number of rotatable bonds is 7. The zero-order chi connectivity index (χ0) is 21.0. The molecule has 1 aromatic heterocycles. The molecule has 3 aromatic rings. The first-order valence-corrected chi connectivity index (χ1v) is 9.56. The second-order valence-corrected chi connectivity index (χ2v) is 6.88. The van der Waals surface area contributed by atoms with Gasteiger partial charge < -0.3 is 19.9 Å². The number of nitrogens with zero attached hydrogens (tertiary/aromatic N) is 1. The number of benzene rings is 2. The van der Waals surface area contributed by atoms with Gasteiger partial charge in [-0.25, -0.2) is 0 Å². The summed E-state index contributed by atoms with van der Waals surface area (Å²) in [6.45, 7) is 7.87. The monoisotopic (exact) mass is 395 g/mol. The van der Waals surface area contributed by atoms with E-state index in [9.17, 15) is 9.59 Å². The molecular weight excluding hydrogens is 370 g/mol. The van der Waals surface area contributed by atoms with Crippen LogP contribution in [0.3, 0.4) is 0 Å². The summed E-state index contributed by atoms with van der Waals surface area (Å²) in [5, 5.41) is 11.2. The van der Waals surface area contributed by atoms with E-state index in [0.29, 0.717) is 23.6 Å². The van der Waals surface area contributed by atoms with Crippen molar-refractivity contribution >= 4 is 22.6 Å². The SMILES string of the molecule is CCNC(=O)[C@@H](C)NC(=O)c1cc2ccccc2cc1OCc1c(C)noc1C. The highest BCUT2D eigenvalue weighted by molar-refractivity contribution is 6.03. The molecule has 0 bridgehead atoms. The van der Waals surface area contributed by atoms with Crippen molar-refractivity contribution < 1.29 is 18.8 Å². The summed E-state index contributed by atoms with van der Waals surface area (Å²) in [6.07, 6.45) is 0. The first kappa shape index (κ1) is 20.4. The number of hydrogen-bond acceptors (Lipinski definition) is 5. The molecule has 1 heterocycles. The van der Waals surface area contributed by atoms with Gasteiger partial charge in [0, 0.05) is 6.54 Å². The lowest BCUT2D eigenvalue weighted by Crippen LogP contribution is -2.44. The molecule has 2 N–H and O–H groups in total. The predicted octanol–water partition coefficient (Wildman–Crippen LogP) is 3.28. The van der Waals surface area contributed by atoms with E-state index < -0.39 is 6.04 Å². The van der Waals surface area contributed by atoms with Crippen LogP contribution in [-0.4, -0.2) is 29.6 Å². The third-order valence-corrected chi connectivity index (χ3v) is 4.74. The molecule has 0 aliphatic carbocycles. The molecule has 0 unspecified atom stereocenters. The van der Waals surface area contributed by atoms with E-state index in [1.54, 1.807) is 13.0 Å². The average Bonchev–Trinajstić information content (AvgIpc) is 3.03. The van der Waals surface area contributed by atoms with Crippen LogP contribution in [0.25, 0.3) is 10.8 Å². The van der Waals surface area contributed by atoms with Crippen LogP contribution in [0.4, 0.5) is 0 Å². The Morgan fingerprint density at radius 3 is 2.48 bits per heavy atom. The van der Waals surface area contributed by atoms with Gasteiger partial charge in [0.1, 0.15) is 24.2 Å². The molecule has 29 heavy (non-hydrogen) atoms. The summed E-state index contributed by atoms with van der Waals surface area (Å²) in [6, 6.07) is 10.7. The minimum atomic E-state index is -0.663. The highest BCUT2D eigenvalue weighted by Gasteiger charge is 2.20. The van der Waals surface area contributed by atoms with Gasteiger partial charge in [-0.1, -0.05) is 29.4 Å². The lowest BCUT2D eigenvalue weighted by molar-refractivity contribution is -0.122. The average molecular weight is 395 g/mol. The highest BCUT2D eigenvalue weighted by atomic mass is 16.5. The number of aromatic nitrogens is 1. The van der Waals surface area contributed by atoms with Gasteiger partial charge in [-0.15, -0.1) is 0 Å². The topological polar surface area (TPSA) is 93.5 Å². The standard InChI is InChI=1S/C22H25N3O4/c1-5-23-21(26)14(3)24-22(27)18-10-16-8-6-7-9-17(16)11-20(18)28-12-19-13(2)25-29-15(19)4/h6-11,14H,5,12H2,1-4H3,(H,23,26)(H,24,27)/t14-/m1/s1. The second-order valence-electron chi connectivity index (χ2n) is 6.88. The molecule has 2 amide bonds. The van der Waals surface area contributed by atoms with E-state index in [1.807, 2.05) is 51.1 Å². The Hall–Kier alpha value is -3.35. The Bertz CT molecular complexity index is 1020. The van der Waals surface area contributed by atoms with E-state index in [4.69, 9.17) is 9.26 Å². The molecule has 0 aliphatic rings. The summed E-state index contributed by atoms with van der Waals surface area (Å²) in [4.78, 5) is 24.9. The molecule has 7 heteroatoms. The maximum absolute atomic E-state index is 12.9. The van der Waals surface area contributed by atoms with Gasteiger partial charge in [0.15, 0.2) is 0 Å². The molecule has 0 radical (unpaired) electrons.